The molecule has 0 rings (SSSR count). The molecule has 0 saturated carbocycles. The smallest absolute Gasteiger partial charge is 0.320 e. The van der Waals surface area contributed by atoms with Crippen LogP contribution in [0.2, 0.25) is 0 Å². The molecule has 0 saturated heterocycles. The number of carbonyl (C=O) groups excluding carboxylic acids is 1. The van der Waals surface area contributed by atoms with E-state index < -0.39 is 19.9 Å². The third-order valence-electron chi connectivity index (χ3n) is 5.84. The SMILES string of the molecule is CCCCCCCCCCCCCCCCOC[C@@H](COP(=O)([O-])OCC[N+](C)(C)C)OC(=O)CN. The molecule has 0 heterocycles. The van der Waals surface area contributed by atoms with Crippen molar-refractivity contribution in [3.8, 4) is 0 Å². The van der Waals surface area contributed by atoms with Crippen molar-refractivity contribution in [1.82, 2.24) is 0 Å². The Hall–Kier alpha value is -0.540. The fraction of sp³-hybridized carbons (Fsp3) is 0.962. The van der Waals surface area contributed by atoms with Crippen molar-refractivity contribution in [2.45, 2.75) is 103 Å². The van der Waals surface area contributed by atoms with E-state index in [0.29, 0.717) is 17.6 Å². The van der Waals surface area contributed by atoms with Gasteiger partial charge in [0.1, 0.15) is 19.3 Å². The van der Waals surface area contributed by atoms with Crippen molar-refractivity contribution in [2.75, 3.05) is 60.7 Å². The molecule has 0 radical (unpaired) electrons. The first-order chi connectivity index (χ1) is 17.1. The number of phosphoric ester groups is 1. The average Bonchev–Trinajstić information content (AvgIpc) is 2.81. The van der Waals surface area contributed by atoms with Crippen LogP contribution in [0.5, 0.6) is 0 Å². The van der Waals surface area contributed by atoms with E-state index >= 15 is 0 Å². The van der Waals surface area contributed by atoms with Crippen molar-refractivity contribution in [3.63, 3.8) is 0 Å². The lowest BCUT2D eigenvalue weighted by Gasteiger charge is -2.28. The van der Waals surface area contributed by atoms with Gasteiger partial charge in [-0.3, -0.25) is 9.36 Å². The van der Waals surface area contributed by atoms with Crippen LogP contribution in [0.4, 0.5) is 0 Å². The molecule has 2 N–H and O–H groups in total. The van der Waals surface area contributed by atoms with E-state index in [0.717, 1.165) is 12.8 Å². The molecule has 9 nitrogen and oxygen atoms in total. The molecular formula is C26H55N2O7P. The topological polar surface area (TPSA) is 120 Å². The minimum absolute atomic E-state index is 0.00710. The highest BCUT2D eigenvalue weighted by Gasteiger charge is 2.19. The average molecular weight is 539 g/mol. The van der Waals surface area contributed by atoms with Gasteiger partial charge in [-0.1, -0.05) is 90.4 Å². The normalized spacial score (nSPS) is 14.5. The van der Waals surface area contributed by atoms with Crippen LogP contribution in [-0.2, 0) is 27.9 Å². The Morgan fingerprint density at radius 3 is 1.78 bits per heavy atom. The van der Waals surface area contributed by atoms with Crippen LogP contribution in [0.1, 0.15) is 96.8 Å². The van der Waals surface area contributed by atoms with Gasteiger partial charge in [-0.2, -0.15) is 0 Å². The number of quaternary nitrogens is 1. The molecule has 2 atom stereocenters. The highest BCUT2D eigenvalue weighted by atomic mass is 31.2. The summed E-state index contributed by atoms with van der Waals surface area (Å²) in [5.74, 6) is -0.643. The maximum atomic E-state index is 12.0. The quantitative estimate of drug-likeness (QED) is 0.0736. The van der Waals surface area contributed by atoms with Crippen molar-refractivity contribution >= 4 is 13.8 Å². The fourth-order valence-electron chi connectivity index (χ4n) is 3.60. The summed E-state index contributed by atoms with van der Waals surface area (Å²) in [6.45, 7) is 2.66. The second-order valence-corrected chi connectivity index (χ2v) is 12.0. The summed E-state index contributed by atoms with van der Waals surface area (Å²) in [4.78, 5) is 23.5. The monoisotopic (exact) mass is 538 g/mol. The molecule has 0 aliphatic carbocycles. The minimum atomic E-state index is -4.50. The van der Waals surface area contributed by atoms with E-state index in [-0.39, 0.29) is 26.4 Å². The Labute approximate surface area is 220 Å². The Morgan fingerprint density at radius 2 is 1.31 bits per heavy atom. The highest BCUT2D eigenvalue weighted by Crippen LogP contribution is 2.38. The van der Waals surface area contributed by atoms with Gasteiger partial charge in [0.2, 0.25) is 0 Å². The van der Waals surface area contributed by atoms with Crippen LogP contribution in [-0.4, -0.2) is 77.2 Å². The predicted molar refractivity (Wildman–Crippen MR) is 142 cm³/mol. The number of phosphoric acid groups is 1. The third-order valence-corrected chi connectivity index (χ3v) is 6.80. The molecule has 0 aromatic carbocycles. The van der Waals surface area contributed by atoms with Crippen LogP contribution >= 0.6 is 7.82 Å². The Balaban J connectivity index is 3.88. The zero-order valence-corrected chi connectivity index (χ0v) is 24.4. The molecular weight excluding hydrogens is 483 g/mol. The Bertz CT molecular complexity index is 573. The molecule has 0 aromatic heterocycles. The second kappa shape index (κ2) is 22.4. The van der Waals surface area contributed by atoms with Gasteiger partial charge in [0.25, 0.3) is 7.82 Å². The van der Waals surface area contributed by atoms with Gasteiger partial charge in [0, 0.05) is 6.61 Å². The van der Waals surface area contributed by atoms with Gasteiger partial charge in [-0.25, -0.2) is 0 Å². The molecule has 0 amide bonds. The maximum absolute atomic E-state index is 12.0. The molecule has 0 aromatic rings. The summed E-state index contributed by atoms with van der Waals surface area (Å²) in [5.41, 5.74) is 5.30. The fourth-order valence-corrected chi connectivity index (χ4v) is 4.33. The van der Waals surface area contributed by atoms with Gasteiger partial charge >= 0.3 is 5.97 Å². The van der Waals surface area contributed by atoms with Crippen molar-refractivity contribution in [3.05, 3.63) is 0 Å². The number of unbranched alkanes of at least 4 members (excludes halogenated alkanes) is 13. The van der Waals surface area contributed by atoms with Crippen LogP contribution in [0, 0.1) is 0 Å². The number of esters is 1. The summed E-state index contributed by atoms with van der Waals surface area (Å²) in [6, 6.07) is 0. The highest BCUT2D eigenvalue weighted by molar-refractivity contribution is 7.45. The van der Waals surface area contributed by atoms with E-state index in [9.17, 15) is 14.3 Å². The van der Waals surface area contributed by atoms with Crippen molar-refractivity contribution in [2.24, 2.45) is 5.73 Å². The minimum Gasteiger partial charge on any atom is -0.756 e. The first kappa shape index (κ1) is 35.5. The van der Waals surface area contributed by atoms with Crippen LogP contribution in [0.15, 0.2) is 0 Å². The van der Waals surface area contributed by atoms with Gasteiger partial charge in [0.15, 0.2) is 0 Å². The van der Waals surface area contributed by atoms with Gasteiger partial charge in [0.05, 0.1) is 40.9 Å². The zero-order chi connectivity index (χ0) is 27.1. The maximum Gasteiger partial charge on any atom is 0.320 e. The summed E-state index contributed by atoms with van der Waals surface area (Å²) in [5, 5.41) is 0. The van der Waals surface area contributed by atoms with E-state index in [1.807, 2.05) is 21.1 Å². The van der Waals surface area contributed by atoms with Crippen molar-refractivity contribution < 1.29 is 37.3 Å². The molecule has 0 fully saturated rings. The van der Waals surface area contributed by atoms with Crippen LogP contribution in [0.3, 0.4) is 0 Å². The number of hydrogen-bond donors (Lipinski definition) is 1. The predicted octanol–water partition coefficient (Wildman–Crippen LogP) is 4.56. The number of nitrogens with zero attached hydrogens (tertiary/aromatic N) is 1. The van der Waals surface area contributed by atoms with Gasteiger partial charge in [-0.05, 0) is 6.42 Å². The summed E-state index contributed by atoms with van der Waals surface area (Å²) in [6.07, 6.45) is 17.1. The lowest BCUT2D eigenvalue weighted by Crippen LogP contribution is -2.37. The van der Waals surface area contributed by atoms with E-state index in [4.69, 9.17) is 24.3 Å². The molecule has 0 bridgehead atoms. The molecule has 1 unspecified atom stereocenters. The Kier molecular flexibility index (Phi) is 22.1. The van der Waals surface area contributed by atoms with Gasteiger partial charge < -0.3 is 33.6 Å². The molecule has 0 aliphatic heterocycles. The zero-order valence-electron chi connectivity index (χ0n) is 23.5. The molecule has 0 aliphatic rings. The first-order valence-corrected chi connectivity index (χ1v) is 15.4. The number of hydrogen-bond acceptors (Lipinski definition) is 8. The summed E-state index contributed by atoms with van der Waals surface area (Å²) < 4.78 is 33.1. The van der Waals surface area contributed by atoms with Crippen molar-refractivity contribution in [1.29, 1.82) is 0 Å². The molecule has 0 spiro atoms. The molecule has 10 heteroatoms. The molecule has 216 valence electrons. The number of carbonyl (C=O) groups is 1. The van der Waals surface area contributed by atoms with E-state index in [1.54, 1.807) is 0 Å². The number of likely N-dealkylation sites (N-methyl/N-ethyl adjacent to an activating group) is 1. The van der Waals surface area contributed by atoms with E-state index in [1.165, 1.54) is 77.0 Å². The number of rotatable bonds is 26. The lowest BCUT2D eigenvalue weighted by atomic mass is 10.0. The second-order valence-electron chi connectivity index (χ2n) is 10.6. The summed E-state index contributed by atoms with van der Waals surface area (Å²) in [7, 11) is 1.29. The van der Waals surface area contributed by atoms with Crippen LogP contribution < -0.4 is 10.6 Å². The first-order valence-electron chi connectivity index (χ1n) is 14.0. The lowest BCUT2D eigenvalue weighted by molar-refractivity contribution is -0.870. The largest absolute Gasteiger partial charge is 0.756 e. The van der Waals surface area contributed by atoms with Crippen LogP contribution in [0.25, 0.3) is 0 Å². The number of nitrogens with two attached hydrogens (primary N) is 1. The number of ether oxygens (including phenoxy) is 2. The van der Waals surface area contributed by atoms with Gasteiger partial charge in [-0.15, -0.1) is 0 Å². The standard InChI is InChI=1S/C26H55N2O7P/c1-5-6-7-8-9-10-11-12-13-14-15-16-17-18-20-32-23-25(35-26(29)22-27)24-34-36(30,31)33-21-19-28(2,3)4/h25H,5-24,27H2,1-4H3/t25-/m0/s1. The Morgan fingerprint density at radius 1 is 0.806 bits per heavy atom. The third kappa shape index (κ3) is 25.1. The summed E-state index contributed by atoms with van der Waals surface area (Å²) >= 11 is 0. The van der Waals surface area contributed by atoms with E-state index in [2.05, 4.69) is 6.92 Å². The molecule has 36 heavy (non-hydrogen) atoms.